The van der Waals surface area contributed by atoms with Gasteiger partial charge in [0.1, 0.15) is 5.75 Å². The van der Waals surface area contributed by atoms with Crippen molar-refractivity contribution in [1.82, 2.24) is 4.90 Å². The fourth-order valence-electron chi connectivity index (χ4n) is 3.67. The highest BCUT2D eigenvalue weighted by Crippen LogP contribution is 2.33. The van der Waals surface area contributed by atoms with Crippen LogP contribution in [0.2, 0.25) is 0 Å². The van der Waals surface area contributed by atoms with Crippen molar-refractivity contribution in [3.63, 3.8) is 0 Å². The number of hydrogen-bond donors (Lipinski definition) is 1. The molecule has 36 heavy (non-hydrogen) atoms. The fraction of sp³-hybridized carbons (Fsp3) is 0.179. The molecule has 0 aromatic heterocycles. The van der Waals surface area contributed by atoms with Crippen LogP contribution in [-0.4, -0.2) is 28.6 Å². The molecule has 6 nitrogen and oxygen atoms in total. The number of anilines is 1. The van der Waals surface area contributed by atoms with Gasteiger partial charge in [-0.05, 0) is 70.8 Å². The highest BCUT2D eigenvalue weighted by molar-refractivity contribution is 9.10. The van der Waals surface area contributed by atoms with Gasteiger partial charge >= 0.3 is 0 Å². The fourth-order valence-corrected chi connectivity index (χ4v) is 4.77. The Kier molecular flexibility index (Phi) is 8.28. The maximum absolute atomic E-state index is 12.8. The number of imide groups is 1. The standard InChI is InChI=1S/C28H25BrN2O4S/c1-18(2)23-5-3-4-6-24(23)30-26(32)17-35-22-13-9-19(10-14-22)15-25-27(33)31(28(34)36-25)16-20-7-11-21(29)12-8-20/h3-15,18H,16-17H2,1-2H3,(H,30,32)/b25-15-. The molecule has 3 amide bonds. The number of carbonyl (C=O) groups excluding carboxylic acids is 3. The summed E-state index contributed by atoms with van der Waals surface area (Å²) in [5.74, 6) is 0.262. The zero-order valence-electron chi connectivity index (χ0n) is 19.9. The molecule has 0 aliphatic carbocycles. The van der Waals surface area contributed by atoms with E-state index in [-0.39, 0.29) is 36.1 Å². The quantitative estimate of drug-likeness (QED) is 0.303. The molecular formula is C28H25BrN2O4S. The smallest absolute Gasteiger partial charge is 0.293 e. The van der Waals surface area contributed by atoms with E-state index in [1.54, 1.807) is 30.3 Å². The van der Waals surface area contributed by atoms with E-state index in [0.29, 0.717) is 10.7 Å². The Morgan fingerprint density at radius 2 is 1.72 bits per heavy atom. The Labute approximate surface area is 222 Å². The molecule has 0 saturated carbocycles. The SMILES string of the molecule is CC(C)c1ccccc1NC(=O)COc1ccc(/C=C2\SC(=O)N(Cc3ccc(Br)cc3)C2=O)cc1. The number of halogens is 1. The topological polar surface area (TPSA) is 75.7 Å². The second kappa shape index (κ2) is 11.6. The lowest BCUT2D eigenvalue weighted by Crippen LogP contribution is -2.27. The molecule has 1 aliphatic heterocycles. The van der Waals surface area contributed by atoms with E-state index in [2.05, 4.69) is 35.1 Å². The lowest BCUT2D eigenvalue weighted by molar-refractivity contribution is -0.123. The molecule has 1 aliphatic rings. The van der Waals surface area contributed by atoms with Gasteiger partial charge in [0.05, 0.1) is 11.4 Å². The highest BCUT2D eigenvalue weighted by Gasteiger charge is 2.34. The first-order valence-corrected chi connectivity index (χ1v) is 13.0. The van der Waals surface area contributed by atoms with E-state index in [0.717, 1.165) is 38.6 Å². The lowest BCUT2D eigenvalue weighted by atomic mass is 10.0. The number of rotatable bonds is 8. The second-order valence-corrected chi connectivity index (χ2v) is 10.5. The van der Waals surface area contributed by atoms with Crippen LogP contribution in [0.15, 0.2) is 82.2 Å². The zero-order chi connectivity index (χ0) is 25.7. The molecule has 1 N–H and O–H groups in total. The first-order chi connectivity index (χ1) is 17.3. The summed E-state index contributed by atoms with van der Waals surface area (Å²) in [7, 11) is 0. The number of carbonyl (C=O) groups is 3. The van der Waals surface area contributed by atoms with E-state index < -0.39 is 0 Å². The molecule has 0 spiro atoms. The third-order valence-corrected chi connectivity index (χ3v) is 6.97. The summed E-state index contributed by atoms with van der Waals surface area (Å²) in [6, 6.07) is 22.2. The van der Waals surface area contributed by atoms with E-state index >= 15 is 0 Å². The molecule has 4 rings (SSSR count). The summed E-state index contributed by atoms with van der Waals surface area (Å²) in [5.41, 5.74) is 3.48. The normalized spacial score (nSPS) is 14.6. The minimum atomic E-state index is -0.313. The molecule has 3 aromatic carbocycles. The third kappa shape index (κ3) is 6.44. The van der Waals surface area contributed by atoms with Gasteiger partial charge in [-0.2, -0.15) is 0 Å². The summed E-state index contributed by atoms with van der Waals surface area (Å²) in [4.78, 5) is 39.2. The van der Waals surface area contributed by atoms with Gasteiger partial charge in [0.15, 0.2) is 6.61 Å². The van der Waals surface area contributed by atoms with E-state index in [4.69, 9.17) is 4.74 Å². The van der Waals surface area contributed by atoms with Gasteiger partial charge in [-0.1, -0.05) is 72.2 Å². The minimum Gasteiger partial charge on any atom is -0.484 e. The average molecular weight is 565 g/mol. The molecule has 8 heteroatoms. The summed E-state index contributed by atoms with van der Waals surface area (Å²) in [6.07, 6.45) is 1.69. The molecule has 1 saturated heterocycles. The summed E-state index contributed by atoms with van der Waals surface area (Å²) < 4.78 is 6.56. The van der Waals surface area contributed by atoms with Crippen LogP contribution in [-0.2, 0) is 16.1 Å². The first kappa shape index (κ1) is 25.7. The van der Waals surface area contributed by atoms with Crippen molar-refractivity contribution in [2.45, 2.75) is 26.3 Å². The van der Waals surface area contributed by atoms with Crippen LogP contribution in [0.3, 0.4) is 0 Å². The summed E-state index contributed by atoms with van der Waals surface area (Å²) in [6.45, 7) is 4.25. The number of amides is 3. The van der Waals surface area contributed by atoms with Gasteiger partial charge in [-0.25, -0.2) is 0 Å². The first-order valence-electron chi connectivity index (χ1n) is 11.4. The van der Waals surface area contributed by atoms with Crippen LogP contribution in [0.1, 0.15) is 36.5 Å². The predicted molar refractivity (Wildman–Crippen MR) is 147 cm³/mol. The van der Waals surface area contributed by atoms with Gasteiger partial charge < -0.3 is 10.1 Å². The minimum absolute atomic E-state index is 0.124. The number of hydrogen-bond acceptors (Lipinski definition) is 5. The van der Waals surface area contributed by atoms with Crippen molar-refractivity contribution in [3.8, 4) is 5.75 Å². The Bertz CT molecular complexity index is 1300. The zero-order valence-corrected chi connectivity index (χ0v) is 22.3. The molecule has 0 atom stereocenters. The summed E-state index contributed by atoms with van der Waals surface area (Å²) in [5, 5.41) is 2.61. The maximum Gasteiger partial charge on any atom is 0.293 e. The van der Waals surface area contributed by atoms with Crippen molar-refractivity contribution >= 4 is 56.5 Å². The Balaban J connectivity index is 1.34. The van der Waals surface area contributed by atoms with Gasteiger partial charge in [0, 0.05) is 10.2 Å². The highest BCUT2D eigenvalue weighted by atomic mass is 79.9. The monoisotopic (exact) mass is 564 g/mol. The maximum atomic E-state index is 12.8. The van der Waals surface area contributed by atoms with Crippen molar-refractivity contribution in [3.05, 3.63) is 98.9 Å². The molecule has 0 bridgehead atoms. The molecule has 3 aromatic rings. The molecule has 184 valence electrons. The van der Waals surface area contributed by atoms with Crippen LogP contribution < -0.4 is 10.1 Å². The molecule has 1 heterocycles. The van der Waals surface area contributed by atoms with Crippen LogP contribution in [0, 0.1) is 0 Å². The second-order valence-electron chi connectivity index (χ2n) is 8.54. The van der Waals surface area contributed by atoms with Crippen LogP contribution in [0.4, 0.5) is 10.5 Å². The van der Waals surface area contributed by atoms with Crippen LogP contribution in [0.5, 0.6) is 5.75 Å². The van der Waals surface area contributed by atoms with Gasteiger partial charge in [0.2, 0.25) is 0 Å². The van der Waals surface area contributed by atoms with Crippen molar-refractivity contribution in [2.24, 2.45) is 0 Å². The van der Waals surface area contributed by atoms with E-state index in [9.17, 15) is 14.4 Å². The average Bonchev–Trinajstić information content (AvgIpc) is 3.12. The third-order valence-electron chi connectivity index (χ3n) is 5.53. The number of para-hydroxylation sites is 1. The Morgan fingerprint density at radius 3 is 2.42 bits per heavy atom. The Hall–Kier alpha value is -3.36. The number of ether oxygens (including phenoxy) is 1. The number of benzene rings is 3. The largest absolute Gasteiger partial charge is 0.484 e. The molecule has 0 unspecified atom stereocenters. The van der Waals surface area contributed by atoms with E-state index in [1.165, 1.54) is 4.90 Å². The van der Waals surface area contributed by atoms with Crippen molar-refractivity contribution in [1.29, 1.82) is 0 Å². The predicted octanol–water partition coefficient (Wildman–Crippen LogP) is 6.83. The molecule has 1 fully saturated rings. The van der Waals surface area contributed by atoms with Gasteiger partial charge in [-0.3, -0.25) is 19.3 Å². The lowest BCUT2D eigenvalue weighted by Gasteiger charge is -2.14. The summed E-state index contributed by atoms with van der Waals surface area (Å²) >= 11 is 4.31. The number of thioether (sulfide) groups is 1. The van der Waals surface area contributed by atoms with Gasteiger partial charge in [0.25, 0.3) is 17.1 Å². The van der Waals surface area contributed by atoms with Crippen LogP contribution >= 0.6 is 27.7 Å². The molecular weight excluding hydrogens is 540 g/mol. The van der Waals surface area contributed by atoms with E-state index in [1.807, 2.05) is 48.5 Å². The molecule has 0 radical (unpaired) electrons. The number of nitrogens with one attached hydrogen (secondary N) is 1. The van der Waals surface area contributed by atoms with Gasteiger partial charge in [-0.15, -0.1) is 0 Å². The van der Waals surface area contributed by atoms with Crippen LogP contribution in [0.25, 0.3) is 6.08 Å². The van der Waals surface area contributed by atoms with Crippen molar-refractivity contribution < 1.29 is 19.1 Å². The number of nitrogens with zero attached hydrogens (tertiary/aromatic N) is 1. The Morgan fingerprint density at radius 1 is 1.03 bits per heavy atom. The van der Waals surface area contributed by atoms with Crippen molar-refractivity contribution in [2.75, 3.05) is 11.9 Å².